The molecular weight excluding hydrogens is 186 g/mol. The van der Waals surface area contributed by atoms with Gasteiger partial charge in [0.25, 0.3) is 0 Å². The zero-order valence-corrected chi connectivity index (χ0v) is 9.20. The monoisotopic (exact) mass is 205 g/mol. The Bertz CT molecular complexity index is 128. The van der Waals surface area contributed by atoms with Crippen LogP contribution in [0.2, 0.25) is 0 Å². The molecule has 0 aromatic heterocycles. The van der Waals surface area contributed by atoms with Crippen LogP contribution in [0.4, 0.5) is 0 Å². The highest BCUT2D eigenvalue weighted by Gasteiger charge is 1.98. The number of amides is 1. The highest BCUT2D eigenvalue weighted by molar-refractivity contribution is 6.17. The van der Waals surface area contributed by atoms with Gasteiger partial charge >= 0.3 is 0 Å². The predicted octanol–water partition coefficient (Wildman–Crippen LogP) is 2.70. The first-order chi connectivity index (χ1) is 6.31. The molecule has 0 aliphatic rings. The molecule has 0 saturated carbocycles. The van der Waals surface area contributed by atoms with E-state index in [0.717, 1.165) is 19.4 Å². The highest BCUT2D eigenvalue weighted by Crippen LogP contribution is 2.01. The number of carbonyl (C=O) groups is 1. The van der Waals surface area contributed by atoms with Gasteiger partial charge in [-0.15, -0.1) is 11.6 Å². The van der Waals surface area contributed by atoms with Crippen molar-refractivity contribution in [3.8, 4) is 0 Å². The van der Waals surface area contributed by atoms with Gasteiger partial charge in [-0.1, -0.05) is 26.2 Å². The maximum Gasteiger partial charge on any atom is 0.219 e. The van der Waals surface area contributed by atoms with Crippen LogP contribution in [0.3, 0.4) is 0 Å². The number of nitrogens with one attached hydrogen (secondary N) is 1. The maximum absolute atomic E-state index is 11.1. The van der Waals surface area contributed by atoms with E-state index < -0.39 is 0 Å². The van der Waals surface area contributed by atoms with Crippen LogP contribution in [0.5, 0.6) is 0 Å². The summed E-state index contributed by atoms with van der Waals surface area (Å²) in [4.78, 5) is 11.1. The van der Waals surface area contributed by atoms with Gasteiger partial charge in [-0.2, -0.15) is 0 Å². The third-order valence-electron chi connectivity index (χ3n) is 1.89. The minimum absolute atomic E-state index is 0.168. The summed E-state index contributed by atoms with van der Waals surface area (Å²) in [6.45, 7) is 2.89. The van der Waals surface area contributed by atoms with Crippen molar-refractivity contribution in [2.45, 2.75) is 45.4 Å². The number of carbonyl (C=O) groups excluding carboxylic acids is 1. The third kappa shape index (κ3) is 9.68. The van der Waals surface area contributed by atoms with E-state index in [2.05, 4.69) is 12.2 Å². The molecule has 0 unspecified atom stereocenters. The molecule has 0 radical (unpaired) electrons. The molecule has 0 rings (SSSR count). The third-order valence-corrected chi connectivity index (χ3v) is 2.16. The van der Waals surface area contributed by atoms with E-state index in [1.54, 1.807) is 0 Å². The Morgan fingerprint density at radius 1 is 1.23 bits per heavy atom. The van der Waals surface area contributed by atoms with Crippen LogP contribution in [-0.2, 0) is 4.79 Å². The van der Waals surface area contributed by atoms with Crippen molar-refractivity contribution in [3.05, 3.63) is 0 Å². The summed E-state index contributed by atoms with van der Waals surface area (Å²) >= 11 is 5.48. The van der Waals surface area contributed by atoms with E-state index in [9.17, 15) is 4.79 Å². The summed E-state index contributed by atoms with van der Waals surface area (Å²) in [6, 6.07) is 0. The van der Waals surface area contributed by atoms with Crippen LogP contribution in [0, 0.1) is 0 Å². The lowest BCUT2D eigenvalue weighted by Crippen LogP contribution is -2.24. The lowest BCUT2D eigenvalue weighted by Gasteiger charge is -2.02. The number of halogens is 1. The molecule has 0 aromatic carbocycles. The van der Waals surface area contributed by atoms with E-state index in [1.807, 2.05) is 0 Å². The zero-order chi connectivity index (χ0) is 9.94. The Hall–Kier alpha value is -0.240. The number of unbranched alkanes of at least 4 members (excludes halogenated alkanes) is 3. The number of rotatable bonds is 8. The molecule has 0 spiro atoms. The number of alkyl halides is 1. The van der Waals surface area contributed by atoms with E-state index in [0.29, 0.717) is 12.3 Å². The van der Waals surface area contributed by atoms with Crippen LogP contribution >= 0.6 is 11.6 Å². The van der Waals surface area contributed by atoms with Crippen LogP contribution in [-0.4, -0.2) is 18.3 Å². The molecule has 0 atom stereocenters. The number of hydrogen-bond acceptors (Lipinski definition) is 1. The molecule has 0 aromatic rings. The second-order valence-corrected chi connectivity index (χ2v) is 3.58. The Morgan fingerprint density at radius 2 is 2.00 bits per heavy atom. The van der Waals surface area contributed by atoms with Crippen LogP contribution in [0.15, 0.2) is 0 Å². The van der Waals surface area contributed by atoms with Gasteiger partial charge in [0.1, 0.15) is 0 Å². The maximum atomic E-state index is 11.1. The molecule has 1 amide bonds. The molecule has 13 heavy (non-hydrogen) atoms. The van der Waals surface area contributed by atoms with Crippen LogP contribution < -0.4 is 5.32 Å². The van der Waals surface area contributed by atoms with Crippen LogP contribution in [0.1, 0.15) is 45.4 Å². The summed E-state index contributed by atoms with van der Waals surface area (Å²) < 4.78 is 0. The lowest BCUT2D eigenvalue weighted by molar-refractivity contribution is -0.121. The summed E-state index contributed by atoms with van der Waals surface area (Å²) in [6.07, 6.45) is 6.16. The minimum atomic E-state index is 0.168. The zero-order valence-electron chi connectivity index (χ0n) is 8.44. The van der Waals surface area contributed by atoms with Crippen molar-refractivity contribution in [2.75, 3.05) is 12.4 Å². The Morgan fingerprint density at radius 3 is 2.62 bits per heavy atom. The van der Waals surface area contributed by atoms with Crippen molar-refractivity contribution < 1.29 is 4.79 Å². The van der Waals surface area contributed by atoms with Crippen molar-refractivity contribution >= 4 is 17.5 Å². The van der Waals surface area contributed by atoms with Crippen LogP contribution in [0.25, 0.3) is 0 Å². The first-order valence-electron chi connectivity index (χ1n) is 5.14. The smallest absolute Gasteiger partial charge is 0.219 e. The van der Waals surface area contributed by atoms with Crippen molar-refractivity contribution in [3.63, 3.8) is 0 Å². The first kappa shape index (κ1) is 12.8. The molecule has 0 fully saturated rings. The van der Waals surface area contributed by atoms with Crippen molar-refractivity contribution in [1.82, 2.24) is 5.32 Å². The summed E-state index contributed by atoms with van der Waals surface area (Å²) in [5, 5.41) is 2.84. The van der Waals surface area contributed by atoms with Gasteiger partial charge in [0.15, 0.2) is 0 Å². The average molecular weight is 206 g/mol. The fraction of sp³-hybridized carbons (Fsp3) is 0.900. The normalized spacial score (nSPS) is 10.0. The molecule has 0 saturated heterocycles. The minimum Gasteiger partial charge on any atom is -0.356 e. The van der Waals surface area contributed by atoms with E-state index >= 15 is 0 Å². The summed E-state index contributed by atoms with van der Waals surface area (Å²) in [7, 11) is 0. The van der Waals surface area contributed by atoms with Gasteiger partial charge in [-0.05, 0) is 12.8 Å². The Balaban J connectivity index is 3.11. The first-order valence-corrected chi connectivity index (χ1v) is 5.67. The molecular formula is C10H20ClNO. The van der Waals surface area contributed by atoms with E-state index in [4.69, 9.17) is 11.6 Å². The van der Waals surface area contributed by atoms with Crippen molar-refractivity contribution in [2.24, 2.45) is 0 Å². The van der Waals surface area contributed by atoms with Gasteiger partial charge in [-0.25, -0.2) is 0 Å². The summed E-state index contributed by atoms with van der Waals surface area (Å²) in [5.74, 6) is 0.789. The average Bonchev–Trinajstić information content (AvgIpc) is 2.13. The molecule has 78 valence electrons. The van der Waals surface area contributed by atoms with E-state index in [1.165, 1.54) is 19.3 Å². The topological polar surface area (TPSA) is 29.1 Å². The van der Waals surface area contributed by atoms with Gasteiger partial charge in [-0.3, -0.25) is 4.79 Å². The fourth-order valence-electron chi connectivity index (χ4n) is 1.10. The lowest BCUT2D eigenvalue weighted by atomic mass is 10.1. The molecule has 0 heterocycles. The number of hydrogen-bond donors (Lipinski definition) is 1. The second kappa shape index (κ2) is 9.85. The molecule has 0 aliphatic carbocycles. The molecule has 0 bridgehead atoms. The largest absolute Gasteiger partial charge is 0.356 e. The molecule has 3 heteroatoms. The van der Waals surface area contributed by atoms with Crippen molar-refractivity contribution in [1.29, 1.82) is 0 Å². The van der Waals surface area contributed by atoms with E-state index in [-0.39, 0.29) is 5.91 Å². The second-order valence-electron chi connectivity index (χ2n) is 3.20. The quantitative estimate of drug-likeness (QED) is 0.479. The molecule has 0 aliphatic heterocycles. The Labute approximate surface area is 86.0 Å². The predicted molar refractivity (Wildman–Crippen MR) is 57.1 cm³/mol. The molecule has 2 nitrogen and oxygen atoms in total. The van der Waals surface area contributed by atoms with Gasteiger partial charge in [0.2, 0.25) is 5.91 Å². The standard InChI is InChI=1S/C10H20ClNO/c1-2-3-4-5-7-10(13)12-9-6-8-11/h2-9H2,1H3,(H,12,13). The van der Waals surface area contributed by atoms with Gasteiger partial charge < -0.3 is 5.32 Å². The van der Waals surface area contributed by atoms with Gasteiger partial charge in [0, 0.05) is 18.8 Å². The Kier molecular flexibility index (Phi) is 9.66. The summed E-state index contributed by atoms with van der Waals surface area (Å²) in [5.41, 5.74) is 0. The molecule has 1 N–H and O–H groups in total. The highest BCUT2D eigenvalue weighted by atomic mass is 35.5. The SMILES string of the molecule is CCCCCCC(=O)NCCCCl. The van der Waals surface area contributed by atoms with Gasteiger partial charge in [0.05, 0.1) is 0 Å². The fourth-order valence-corrected chi connectivity index (χ4v) is 1.23.